The molecule has 9 nitrogen and oxygen atoms in total. The number of aliphatic hydroxyl groups is 1. The van der Waals surface area contributed by atoms with Crippen molar-refractivity contribution in [2.75, 3.05) is 26.2 Å². The zero-order valence-corrected chi connectivity index (χ0v) is 16.5. The topological polar surface area (TPSA) is 122 Å². The highest BCUT2D eigenvalue weighted by Crippen LogP contribution is 2.26. The van der Waals surface area contributed by atoms with Crippen LogP contribution in [0.5, 0.6) is 0 Å². The average Bonchev–Trinajstić information content (AvgIpc) is 2.52. The van der Waals surface area contributed by atoms with E-state index in [1.807, 2.05) is 0 Å². The standard InChI is InChI=1S/C15H23N3O6S2/c1-15(2,3)24-14(20)16-8-9-17(10-11-19)26(23,25)13-7-5-4-6-12(13)18(21)22/h4-7,19H,8-11H2,1-3H3,(H,16,20). The third-order valence-electron chi connectivity index (χ3n) is 3.06. The van der Waals surface area contributed by atoms with Gasteiger partial charge in [0.05, 0.1) is 11.5 Å². The first kappa shape index (κ1) is 22.2. The van der Waals surface area contributed by atoms with Gasteiger partial charge in [0.2, 0.25) is 0 Å². The van der Waals surface area contributed by atoms with Gasteiger partial charge in [-0.25, -0.2) is 13.3 Å². The molecule has 0 fully saturated rings. The number of benzene rings is 1. The van der Waals surface area contributed by atoms with Gasteiger partial charge in [-0.1, -0.05) is 12.1 Å². The van der Waals surface area contributed by atoms with Crippen LogP contribution < -0.4 is 5.32 Å². The van der Waals surface area contributed by atoms with Crippen molar-refractivity contribution < 1.29 is 23.8 Å². The average molecular weight is 405 g/mol. The van der Waals surface area contributed by atoms with Crippen molar-refractivity contribution in [2.24, 2.45) is 0 Å². The van der Waals surface area contributed by atoms with Crippen molar-refractivity contribution in [2.45, 2.75) is 31.3 Å². The summed E-state index contributed by atoms with van der Waals surface area (Å²) in [6.45, 7) is 4.81. The van der Waals surface area contributed by atoms with E-state index in [0.717, 1.165) is 0 Å². The number of hydrogen-bond acceptors (Lipinski definition) is 7. The summed E-state index contributed by atoms with van der Waals surface area (Å²) in [5.74, 6) is 0. The molecule has 1 rings (SSSR count). The zero-order valence-electron chi connectivity index (χ0n) is 14.8. The first-order valence-corrected chi connectivity index (χ1v) is 10.2. The smallest absolute Gasteiger partial charge is 0.407 e. The van der Waals surface area contributed by atoms with Gasteiger partial charge in [-0.15, -0.1) is 0 Å². The van der Waals surface area contributed by atoms with Crippen LogP contribution in [-0.2, 0) is 24.6 Å². The maximum Gasteiger partial charge on any atom is 0.407 e. The highest BCUT2D eigenvalue weighted by Gasteiger charge is 2.27. The molecule has 11 heteroatoms. The minimum atomic E-state index is -3.40. The van der Waals surface area contributed by atoms with Crippen molar-refractivity contribution in [1.29, 1.82) is 0 Å². The Labute approximate surface area is 157 Å². The van der Waals surface area contributed by atoms with Crippen LogP contribution in [0.4, 0.5) is 10.5 Å². The molecule has 1 atom stereocenters. The molecule has 1 aromatic rings. The number of nitrogens with zero attached hydrogens (tertiary/aromatic N) is 2. The molecule has 2 N–H and O–H groups in total. The Balaban J connectivity index is 2.92. The van der Waals surface area contributed by atoms with E-state index in [4.69, 9.17) is 15.9 Å². The Morgan fingerprint density at radius 3 is 2.54 bits per heavy atom. The van der Waals surface area contributed by atoms with Crippen LogP contribution in [0.3, 0.4) is 0 Å². The van der Waals surface area contributed by atoms with Gasteiger partial charge in [0, 0.05) is 36.9 Å². The molecule has 0 aliphatic rings. The van der Waals surface area contributed by atoms with Crippen molar-refractivity contribution in [1.82, 2.24) is 9.62 Å². The maximum absolute atomic E-state index is 13.1. The van der Waals surface area contributed by atoms with Crippen molar-refractivity contribution in [3.8, 4) is 0 Å². The molecule has 1 unspecified atom stereocenters. The van der Waals surface area contributed by atoms with Gasteiger partial charge >= 0.3 is 6.09 Å². The molecule has 0 radical (unpaired) electrons. The van der Waals surface area contributed by atoms with Gasteiger partial charge in [-0.2, -0.15) is 0 Å². The van der Waals surface area contributed by atoms with E-state index in [1.54, 1.807) is 20.8 Å². The first-order valence-electron chi connectivity index (χ1n) is 7.80. The SMILES string of the molecule is CC(C)(C)OC(=O)NCCN(CCO)S(=O)(=S)c1ccccc1[N+](=O)[O-]. The number of para-hydroxylation sites is 1. The van der Waals surface area contributed by atoms with Gasteiger partial charge in [0.1, 0.15) is 19.2 Å². The fourth-order valence-corrected chi connectivity index (χ4v) is 4.48. The number of aliphatic hydroxyl groups excluding tert-OH is 1. The third-order valence-corrected chi connectivity index (χ3v) is 6.18. The van der Waals surface area contributed by atoms with Gasteiger partial charge in [-0.05, 0) is 26.8 Å². The summed E-state index contributed by atoms with van der Waals surface area (Å²) in [7, 11) is -3.40. The summed E-state index contributed by atoms with van der Waals surface area (Å²) in [6, 6.07) is 5.51. The number of amides is 1. The Hall–Kier alpha value is -1.82. The number of carbonyl (C=O) groups is 1. The van der Waals surface area contributed by atoms with Crippen molar-refractivity contribution >= 4 is 31.6 Å². The lowest BCUT2D eigenvalue weighted by Crippen LogP contribution is -2.41. The molecule has 0 heterocycles. The molecule has 0 aromatic heterocycles. The van der Waals surface area contributed by atoms with Crippen molar-refractivity contribution in [3.63, 3.8) is 0 Å². The van der Waals surface area contributed by atoms with Gasteiger partial charge in [0.15, 0.2) is 0 Å². The van der Waals surface area contributed by atoms with Gasteiger partial charge in [0.25, 0.3) is 5.69 Å². The molecule has 0 saturated carbocycles. The van der Waals surface area contributed by atoms with E-state index in [2.05, 4.69) is 5.32 Å². The minimum absolute atomic E-state index is 0.0220. The second-order valence-electron chi connectivity index (χ2n) is 6.28. The number of alkyl carbamates (subject to hydrolysis) is 1. The highest BCUT2D eigenvalue weighted by molar-refractivity contribution is 8.31. The van der Waals surface area contributed by atoms with E-state index in [1.165, 1.54) is 28.6 Å². The molecule has 0 aliphatic heterocycles. The Morgan fingerprint density at radius 2 is 2.00 bits per heavy atom. The number of hydrogen-bond donors (Lipinski definition) is 2. The number of carbonyl (C=O) groups excluding carboxylic acids is 1. The maximum atomic E-state index is 13.1. The quantitative estimate of drug-likeness (QED) is 0.495. The normalized spacial score (nSPS) is 13.9. The van der Waals surface area contributed by atoms with E-state index in [-0.39, 0.29) is 36.8 Å². The molecule has 0 bridgehead atoms. The summed E-state index contributed by atoms with van der Waals surface area (Å²) in [5.41, 5.74) is -1.01. The largest absolute Gasteiger partial charge is 0.444 e. The number of nitrogens with one attached hydrogen (secondary N) is 1. The molecule has 26 heavy (non-hydrogen) atoms. The Bertz CT molecular complexity index is 746. The minimum Gasteiger partial charge on any atom is -0.444 e. The summed E-state index contributed by atoms with van der Waals surface area (Å²) in [6.07, 6.45) is -0.650. The molecule has 1 aromatic carbocycles. The predicted octanol–water partition coefficient (Wildman–Crippen LogP) is 1.43. The lowest BCUT2D eigenvalue weighted by Gasteiger charge is -2.24. The first-order chi connectivity index (χ1) is 12.0. The van der Waals surface area contributed by atoms with Gasteiger partial charge in [-0.3, -0.25) is 10.1 Å². The van der Waals surface area contributed by atoms with Crippen LogP contribution in [0.2, 0.25) is 0 Å². The lowest BCUT2D eigenvalue weighted by atomic mass is 10.2. The lowest BCUT2D eigenvalue weighted by molar-refractivity contribution is -0.387. The fraction of sp³-hybridized carbons (Fsp3) is 0.533. The van der Waals surface area contributed by atoms with E-state index < -0.39 is 25.3 Å². The van der Waals surface area contributed by atoms with Crippen LogP contribution in [-0.4, -0.2) is 56.5 Å². The van der Waals surface area contributed by atoms with Gasteiger partial charge < -0.3 is 15.2 Å². The predicted molar refractivity (Wildman–Crippen MR) is 99.8 cm³/mol. The summed E-state index contributed by atoms with van der Waals surface area (Å²) in [4.78, 5) is 22.1. The molecule has 0 saturated heterocycles. The third kappa shape index (κ3) is 6.48. The number of rotatable bonds is 8. The summed E-state index contributed by atoms with van der Waals surface area (Å²) in [5, 5.41) is 22.9. The van der Waals surface area contributed by atoms with Crippen LogP contribution in [0.15, 0.2) is 29.2 Å². The molecule has 0 spiro atoms. The zero-order chi connectivity index (χ0) is 20.0. The van der Waals surface area contributed by atoms with Crippen LogP contribution in [0.25, 0.3) is 0 Å². The Kier molecular flexibility index (Phi) is 7.87. The van der Waals surface area contributed by atoms with E-state index in [0.29, 0.717) is 0 Å². The Morgan fingerprint density at radius 1 is 1.38 bits per heavy atom. The molecule has 146 valence electrons. The highest BCUT2D eigenvalue weighted by atomic mass is 32.8. The molecular weight excluding hydrogens is 382 g/mol. The van der Waals surface area contributed by atoms with E-state index in [9.17, 15) is 24.2 Å². The second kappa shape index (κ2) is 9.21. The summed E-state index contributed by atoms with van der Waals surface area (Å²) >= 11 is 5.16. The molecular formula is C15H23N3O6S2. The van der Waals surface area contributed by atoms with Crippen LogP contribution in [0, 0.1) is 10.1 Å². The second-order valence-corrected chi connectivity index (χ2v) is 9.54. The number of nitro benzene ring substituents is 1. The fourth-order valence-electron chi connectivity index (χ4n) is 2.03. The summed E-state index contributed by atoms with van der Waals surface area (Å²) < 4.78 is 19.4. The molecule has 1 amide bonds. The van der Waals surface area contributed by atoms with Crippen molar-refractivity contribution in [3.05, 3.63) is 34.4 Å². The molecule has 0 aliphatic carbocycles. The van der Waals surface area contributed by atoms with Crippen LogP contribution >= 0.6 is 0 Å². The number of nitro groups is 1. The van der Waals surface area contributed by atoms with E-state index >= 15 is 0 Å². The van der Waals surface area contributed by atoms with Crippen LogP contribution in [0.1, 0.15) is 20.8 Å². The monoisotopic (exact) mass is 405 g/mol. The number of ether oxygens (including phenoxy) is 1.